The molecule has 1 aromatic carbocycles. The van der Waals surface area contributed by atoms with Gasteiger partial charge in [0.15, 0.2) is 15.0 Å². The maximum atomic E-state index is 11.7. The smallest absolute Gasteiger partial charge is 0.161 e. The first-order chi connectivity index (χ1) is 8.46. The Hall–Kier alpha value is -0.280. The molecule has 2 aliphatic heterocycles. The van der Waals surface area contributed by atoms with Crippen LogP contribution in [-0.2, 0) is 9.84 Å². The molecule has 0 unspecified atom stereocenters. The van der Waals surface area contributed by atoms with E-state index < -0.39 is 9.84 Å². The van der Waals surface area contributed by atoms with Gasteiger partial charge in [-0.1, -0.05) is 17.8 Å². The molecule has 1 N–H and O–H groups in total. The van der Waals surface area contributed by atoms with Crippen molar-refractivity contribution >= 4 is 55.0 Å². The van der Waals surface area contributed by atoms with Crippen molar-refractivity contribution in [1.82, 2.24) is 0 Å². The molecule has 96 valence electrons. The summed E-state index contributed by atoms with van der Waals surface area (Å²) in [4.78, 5) is 1.86. The summed E-state index contributed by atoms with van der Waals surface area (Å²) in [5, 5.41) is 8.51. The maximum Gasteiger partial charge on any atom is 0.161 e. The number of nitrogens with one attached hydrogen (secondary N) is 1. The highest BCUT2D eigenvalue weighted by Gasteiger charge is 2.48. The normalized spacial score (nSPS) is 29.6. The molecule has 0 aliphatic carbocycles. The molecule has 2 heterocycles. The Morgan fingerprint density at radius 1 is 1.39 bits per heavy atom. The van der Waals surface area contributed by atoms with E-state index in [-0.39, 0.29) is 22.8 Å². The van der Waals surface area contributed by atoms with Crippen molar-refractivity contribution in [1.29, 1.82) is 5.41 Å². The first-order valence-corrected chi connectivity index (χ1v) is 9.25. The van der Waals surface area contributed by atoms with Crippen LogP contribution in [0.5, 0.6) is 0 Å². The summed E-state index contributed by atoms with van der Waals surface area (Å²) in [6, 6.07) is 7.77. The van der Waals surface area contributed by atoms with Gasteiger partial charge < -0.3 is 4.90 Å². The largest absolute Gasteiger partial charge is 0.316 e. The molecule has 4 nitrogen and oxygen atoms in total. The quantitative estimate of drug-likeness (QED) is 0.740. The lowest BCUT2D eigenvalue weighted by Gasteiger charge is -2.23. The van der Waals surface area contributed by atoms with Crippen LogP contribution in [0.25, 0.3) is 0 Å². The lowest BCUT2D eigenvalue weighted by atomic mass is 10.2. The Labute approximate surface area is 124 Å². The second kappa shape index (κ2) is 4.38. The molecule has 0 saturated carbocycles. The van der Waals surface area contributed by atoms with Gasteiger partial charge in [0.1, 0.15) is 0 Å². The highest BCUT2D eigenvalue weighted by atomic mass is 127. The first-order valence-electron chi connectivity index (χ1n) is 5.47. The highest BCUT2D eigenvalue weighted by molar-refractivity contribution is 14.1. The molecule has 0 aromatic heterocycles. The van der Waals surface area contributed by atoms with Crippen LogP contribution >= 0.6 is 34.4 Å². The van der Waals surface area contributed by atoms with E-state index in [0.29, 0.717) is 5.17 Å². The summed E-state index contributed by atoms with van der Waals surface area (Å²) in [6.45, 7) is 0. The van der Waals surface area contributed by atoms with Crippen LogP contribution in [0.1, 0.15) is 0 Å². The fourth-order valence-electron chi connectivity index (χ4n) is 2.44. The second-order valence-corrected chi connectivity index (χ2v) is 9.08. The molecule has 2 aliphatic rings. The summed E-state index contributed by atoms with van der Waals surface area (Å²) in [6.07, 6.45) is 0. The maximum absolute atomic E-state index is 11.7. The van der Waals surface area contributed by atoms with Crippen LogP contribution in [0.15, 0.2) is 24.3 Å². The van der Waals surface area contributed by atoms with Crippen molar-refractivity contribution in [2.45, 2.75) is 11.3 Å². The molecule has 0 spiro atoms. The Balaban J connectivity index is 1.99. The van der Waals surface area contributed by atoms with E-state index in [9.17, 15) is 8.42 Å². The van der Waals surface area contributed by atoms with Crippen LogP contribution in [0.4, 0.5) is 5.69 Å². The van der Waals surface area contributed by atoms with Crippen molar-refractivity contribution in [2.24, 2.45) is 0 Å². The van der Waals surface area contributed by atoms with Crippen LogP contribution in [0.2, 0.25) is 0 Å². The molecule has 1 aromatic rings. The van der Waals surface area contributed by atoms with Crippen molar-refractivity contribution in [3.05, 3.63) is 27.8 Å². The molecule has 18 heavy (non-hydrogen) atoms. The van der Waals surface area contributed by atoms with E-state index in [1.807, 2.05) is 29.2 Å². The van der Waals surface area contributed by atoms with Gasteiger partial charge in [0.25, 0.3) is 0 Å². The number of anilines is 1. The standard InChI is InChI=1S/C11H11IN2O2S2/c12-7-2-1-3-8(4-7)14-9-5-18(15,16)6-10(9)17-11(14)13/h1-4,9-10,13H,5-6H2/t9-,10+/m1/s1. The zero-order valence-corrected chi connectivity index (χ0v) is 13.1. The number of amidine groups is 1. The van der Waals surface area contributed by atoms with E-state index in [2.05, 4.69) is 22.6 Å². The van der Waals surface area contributed by atoms with Gasteiger partial charge in [0, 0.05) is 14.5 Å². The monoisotopic (exact) mass is 394 g/mol. The van der Waals surface area contributed by atoms with Crippen molar-refractivity contribution in [3.63, 3.8) is 0 Å². The van der Waals surface area contributed by atoms with Crippen LogP contribution in [0, 0.1) is 8.98 Å². The molecule has 0 radical (unpaired) electrons. The number of halogens is 1. The summed E-state index contributed by atoms with van der Waals surface area (Å²) >= 11 is 3.60. The number of fused-ring (bicyclic) bond motifs is 1. The molecule has 3 rings (SSSR count). The number of hydrogen-bond acceptors (Lipinski definition) is 4. The third-order valence-corrected chi connectivity index (χ3v) is 6.97. The van der Waals surface area contributed by atoms with Gasteiger partial charge >= 0.3 is 0 Å². The average molecular weight is 394 g/mol. The number of nitrogens with zero attached hydrogens (tertiary/aromatic N) is 1. The fourth-order valence-corrected chi connectivity index (χ4v) is 6.76. The Kier molecular flexibility index (Phi) is 3.10. The average Bonchev–Trinajstić information content (AvgIpc) is 2.68. The third kappa shape index (κ3) is 2.16. The lowest BCUT2D eigenvalue weighted by Crippen LogP contribution is -2.37. The second-order valence-electron chi connectivity index (χ2n) is 4.46. The topological polar surface area (TPSA) is 61.2 Å². The van der Waals surface area contributed by atoms with E-state index >= 15 is 0 Å². The van der Waals surface area contributed by atoms with Gasteiger partial charge in [0.05, 0.1) is 17.5 Å². The fraction of sp³-hybridized carbons (Fsp3) is 0.364. The number of rotatable bonds is 1. The predicted molar refractivity (Wildman–Crippen MR) is 83.2 cm³/mol. The van der Waals surface area contributed by atoms with Crippen LogP contribution in [0.3, 0.4) is 0 Å². The van der Waals surface area contributed by atoms with E-state index in [1.54, 1.807) is 0 Å². The van der Waals surface area contributed by atoms with Crippen molar-refractivity contribution < 1.29 is 8.42 Å². The minimum Gasteiger partial charge on any atom is -0.316 e. The van der Waals surface area contributed by atoms with Gasteiger partial charge in [-0.3, -0.25) is 5.41 Å². The Bertz CT molecular complexity index is 617. The van der Waals surface area contributed by atoms with Crippen LogP contribution in [-0.4, -0.2) is 36.4 Å². The molecule has 0 bridgehead atoms. The Morgan fingerprint density at radius 2 is 2.17 bits per heavy atom. The molecule has 2 atom stereocenters. The number of hydrogen-bond donors (Lipinski definition) is 1. The molecular formula is C11H11IN2O2S2. The first kappa shape index (κ1) is 12.7. The van der Waals surface area contributed by atoms with E-state index in [1.165, 1.54) is 11.8 Å². The van der Waals surface area contributed by atoms with Gasteiger partial charge in [-0.2, -0.15) is 0 Å². The molecule has 7 heteroatoms. The lowest BCUT2D eigenvalue weighted by molar-refractivity contribution is 0.601. The molecular weight excluding hydrogens is 383 g/mol. The van der Waals surface area contributed by atoms with Crippen molar-refractivity contribution in [2.75, 3.05) is 16.4 Å². The van der Waals surface area contributed by atoms with Gasteiger partial charge in [-0.25, -0.2) is 8.42 Å². The molecule has 2 fully saturated rings. The summed E-state index contributed by atoms with van der Waals surface area (Å²) < 4.78 is 24.5. The van der Waals surface area contributed by atoms with Gasteiger partial charge in [0.2, 0.25) is 0 Å². The minimum absolute atomic E-state index is 0.0142. The highest BCUT2D eigenvalue weighted by Crippen LogP contribution is 2.40. The van der Waals surface area contributed by atoms with E-state index in [4.69, 9.17) is 5.41 Å². The summed E-state index contributed by atoms with van der Waals surface area (Å²) in [5.74, 6) is 0.365. The van der Waals surface area contributed by atoms with Crippen molar-refractivity contribution in [3.8, 4) is 0 Å². The minimum atomic E-state index is -2.94. The van der Waals surface area contributed by atoms with Gasteiger partial charge in [-0.15, -0.1) is 0 Å². The Morgan fingerprint density at radius 3 is 2.89 bits per heavy atom. The SMILES string of the molecule is N=C1S[C@H]2CS(=O)(=O)C[C@H]2N1c1cccc(I)c1. The molecule has 2 saturated heterocycles. The number of benzene rings is 1. The molecule has 0 amide bonds. The number of thioether (sulfide) groups is 1. The summed E-state index contributed by atoms with van der Waals surface area (Å²) in [7, 11) is -2.94. The number of sulfone groups is 1. The van der Waals surface area contributed by atoms with E-state index in [0.717, 1.165) is 9.26 Å². The third-order valence-electron chi connectivity index (χ3n) is 3.17. The van der Waals surface area contributed by atoms with Crippen LogP contribution < -0.4 is 4.90 Å². The zero-order valence-electron chi connectivity index (χ0n) is 9.34. The predicted octanol–water partition coefficient (Wildman–Crippen LogP) is 1.94. The van der Waals surface area contributed by atoms with Gasteiger partial charge in [-0.05, 0) is 40.8 Å². The summed E-state index contributed by atoms with van der Waals surface area (Å²) in [5.41, 5.74) is 0.920. The zero-order chi connectivity index (χ0) is 12.9.